The van der Waals surface area contributed by atoms with E-state index in [1.54, 1.807) is 6.92 Å². The zero-order valence-corrected chi connectivity index (χ0v) is 18.5. The molecule has 3 aromatic rings. The van der Waals surface area contributed by atoms with E-state index in [1.807, 2.05) is 0 Å². The quantitative estimate of drug-likeness (QED) is 0.333. The summed E-state index contributed by atoms with van der Waals surface area (Å²) in [4.78, 5) is 65.2. The van der Waals surface area contributed by atoms with Gasteiger partial charge in [-0.15, -0.1) is 4.73 Å². The molecule has 0 aliphatic heterocycles. The van der Waals surface area contributed by atoms with Gasteiger partial charge in [0, 0.05) is 24.6 Å². The summed E-state index contributed by atoms with van der Waals surface area (Å²) < 4.78 is 11.1. The minimum absolute atomic E-state index is 0.0491. The largest absolute Gasteiger partial charge is 0.493 e. The van der Waals surface area contributed by atoms with Crippen LogP contribution in [0.1, 0.15) is 27.6 Å². The van der Waals surface area contributed by atoms with Crippen LogP contribution in [0, 0.1) is 10.1 Å². The van der Waals surface area contributed by atoms with Crippen molar-refractivity contribution in [3.63, 3.8) is 0 Å². The van der Waals surface area contributed by atoms with Gasteiger partial charge in [0.05, 0.1) is 22.6 Å². The molecule has 13 nitrogen and oxygen atoms in total. The second-order valence-electron chi connectivity index (χ2n) is 6.87. The highest BCUT2D eigenvalue weighted by Gasteiger charge is 2.26. The molecule has 0 bridgehead atoms. The number of hydrogen-bond acceptors (Lipinski definition) is 9. The summed E-state index contributed by atoms with van der Waals surface area (Å²) in [6.45, 7) is 1.18. The summed E-state index contributed by atoms with van der Waals surface area (Å²) in [5, 5.41) is 23.1. The van der Waals surface area contributed by atoms with Crippen molar-refractivity contribution in [1.29, 1.82) is 0 Å². The molecule has 0 aliphatic rings. The second kappa shape index (κ2) is 10.3. The summed E-state index contributed by atoms with van der Waals surface area (Å²) in [6, 6.07) is 8.44. The molecule has 0 aliphatic carbocycles. The number of carbonyl (C=O) groups excluding carboxylic acids is 2. The van der Waals surface area contributed by atoms with Gasteiger partial charge in [0.25, 0.3) is 11.6 Å². The zero-order valence-electron chi connectivity index (χ0n) is 18.5. The van der Waals surface area contributed by atoms with Gasteiger partial charge in [-0.25, -0.2) is 9.59 Å². The van der Waals surface area contributed by atoms with Gasteiger partial charge in [0.1, 0.15) is 11.3 Å². The Kier molecular flexibility index (Phi) is 7.29. The summed E-state index contributed by atoms with van der Waals surface area (Å²) in [5.41, 5.74) is -2.25. The molecule has 1 heterocycles. The van der Waals surface area contributed by atoms with Crippen molar-refractivity contribution in [2.75, 3.05) is 20.3 Å². The number of aromatic carboxylic acids is 1. The Morgan fingerprint density at radius 1 is 1.11 bits per heavy atom. The normalized spacial score (nSPS) is 10.5. The number of ether oxygens (including phenoxy) is 2. The average molecular weight is 485 g/mol. The number of aromatic nitrogens is 1. The van der Waals surface area contributed by atoms with E-state index in [9.17, 15) is 34.4 Å². The Labute approximate surface area is 196 Å². The van der Waals surface area contributed by atoms with Gasteiger partial charge in [-0.3, -0.25) is 19.7 Å². The first-order valence-electron chi connectivity index (χ1n) is 10.1. The van der Waals surface area contributed by atoms with Gasteiger partial charge in [-0.1, -0.05) is 6.07 Å². The van der Waals surface area contributed by atoms with Gasteiger partial charge in [0.2, 0.25) is 0 Å². The van der Waals surface area contributed by atoms with Crippen molar-refractivity contribution < 1.29 is 38.7 Å². The summed E-state index contributed by atoms with van der Waals surface area (Å²) >= 11 is 0. The standard InChI is InChI=1S/C22H19N3O10/c1-3-33-16-6-4-5-14(21(28)29)19(16)22(30)35-24-15-8-7-13(25(31)32)9-12(15)10-17(20(24)27)34-11-18(26)23-2/h4-10H,3,11H2,1-2H3,(H,23,26)(H,28,29). The average Bonchev–Trinajstić information content (AvgIpc) is 2.83. The van der Waals surface area contributed by atoms with E-state index in [-0.39, 0.29) is 28.9 Å². The second-order valence-corrected chi connectivity index (χ2v) is 6.87. The minimum atomic E-state index is -1.44. The monoisotopic (exact) mass is 485 g/mol. The molecule has 2 aromatic carbocycles. The lowest BCUT2D eigenvalue weighted by Crippen LogP contribution is -2.34. The van der Waals surface area contributed by atoms with E-state index >= 15 is 0 Å². The van der Waals surface area contributed by atoms with Crippen molar-refractivity contribution >= 4 is 34.4 Å². The number of hydrogen-bond donors (Lipinski definition) is 2. The highest BCUT2D eigenvalue weighted by molar-refractivity contribution is 6.04. The molecule has 0 fully saturated rings. The van der Waals surface area contributed by atoms with Crippen molar-refractivity contribution in [2.24, 2.45) is 0 Å². The van der Waals surface area contributed by atoms with Crippen LogP contribution in [0.15, 0.2) is 47.3 Å². The lowest BCUT2D eigenvalue weighted by Gasteiger charge is -2.15. The first-order valence-corrected chi connectivity index (χ1v) is 10.1. The number of pyridine rings is 1. The first-order chi connectivity index (χ1) is 16.7. The SMILES string of the molecule is CCOc1cccc(C(=O)O)c1C(=O)On1c(=O)c(OCC(=O)NC)cc2cc([N+](=O)[O-])ccc21. The molecule has 35 heavy (non-hydrogen) atoms. The number of fused-ring (bicyclic) bond motifs is 1. The molecule has 0 spiro atoms. The molecule has 13 heteroatoms. The number of nitro benzene ring substituents is 1. The number of benzene rings is 2. The fourth-order valence-electron chi connectivity index (χ4n) is 3.10. The highest BCUT2D eigenvalue weighted by atomic mass is 16.7. The maximum Gasteiger partial charge on any atom is 0.368 e. The van der Waals surface area contributed by atoms with Crippen molar-refractivity contribution in [3.8, 4) is 11.5 Å². The third-order valence-corrected chi connectivity index (χ3v) is 4.69. The molecule has 0 radical (unpaired) electrons. The summed E-state index contributed by atoms with van der Waals surface area (Å²) in [5.74, 6) is -3.77. The van der Waals surface area contributed by atoms with Crippen molar-refractivity contribution in [1.82, 2.24) is 10.0 Å². The molecule has 3 rings (SSSR count). The van der Waals surface area contributed by atoms with E-state index < -0.39 is 51.8 Å². The Morgan fingerprint density at radius 3 is 2.49 bits per heavy atom. The number of non-ortho nitro benzene ring substituents is 1. The van der Waals surface area contributed by atoms with Gasteiger partial charge >= 0.3 is 17.5 Å². The van der Waals surface area contributed by atoms with Gasteiger partial charge < -0.3 is 24.7 Å². The lowest BCUT2D eigenvalue weighted by atomic mass is 10.1. The number of rotatable bonds is 9. The molecule has 0 saturated carbocycles. The fraction of sp³-hybridized carbons (Fsp3) is 0.182. The van der Waals surface area contributed by atoms with Gasteiger partial charge in [-0.05, 0) is 31.2 Å². The van der Waals surface area contributed by atoms with Crippen LogP contribution < -0.4 is 25.2 Å². The van der Waals surface area contributed by atoms with Gasteiger partial charge in [-0.2, -0.15) is 0 Å². The predicted molar refractivity (Wildman–Crippen MR) is 120 cm³/mol. The molecule has 0 unspecified atom stereocenters. The van der Waals surface area contributed by atoms with Crippen LogP contribution in [-0.2, 0) is 4.79 Å². The van der Waals surface area contributed by atoms with Crippen molar-refractivity contribution in [2.45, 2.75) is 6.92 Å². The zero-order chi connectivity index (χ0) is 25.7. The van der Waals surface area contributed by atoms with Crippen LogP contribution in [0.5, 0.6) is 11.5 Å². The van der Waals surface area contributed by atoms with Crippen LogP contribution in [0.4, 0.5) is 5.69 Å². The summed E-state index contributed by atoms with van der Waals surface area (Å²) in [7, 11) is 1.35. The summed E-state index contributed by atoms with van der Waals surface area (Å²) in [6.07, 6.45) is 0. The molecule has 2 N–H and O–H groups in total. The van der Waals surface area contributed by atoms with Crippen LogP contribution in [-0.4, -0.2) is 52.9 Å². The van der Waals surface area contributed by atoms with Crippen LogP contribution >= 0.6 is 0 Å². The Bertz CT molecular complexity index is 1400. The van der Waals surface area contributed by atoms with Crippen LogP contribution in [0.3, 0.4) is 0 Å². The third kappa shape index (κ3) is 5.19. The Morgan fingerprint density at radius 2 is 1.86 bits per heavy atom. The number of nitrogens with zero attached hydrogens (tertiary/aromatic N) is 2. The van der Waals surface area contributed by atoms with E-state index in [2.05, 4.69) is 5.32 Å². The number of nitro groups is 1. The number of likely N-dealkylation sites (N-methyl/N-ethyl adjacent to an activating group) is 1. The Balaban J connectivity index is 2.18. The van der Waals surface area contributed by atoms with E-state index in [1.165, 1.54) is 25.2 Å². The maximum absolute atomic E-state index is 13.1. The van der Waals surface area contributed by atoms with Crippen LogP contribution in [0.25, 0.3) is 10.9 Å². The molecule has 1 amide bonds. The number of nitrogens with one attached hydrogen (secondary N) is 1. The molecular weight excluding hydrogens is 466 g/mol. The molecule has 182 valence electrons. The Hall–Kier alpha value is -4.94. The number of amides is 1. The minimum Gasteiger partial charge on any atom is -0.493 e. The molecule has 0 saturated heterocycles. The van der Waals surface area contributed by atoms with E-state index in [0.717, 1.165) is 24.3 Å². The number of carboxylic acid groups (broad SMARTS) is 1. The number of carbonyl (C=O) groups is 3. The third-order valence-electron chi connectivity index (χ3n) is 4.69. The first kappa shape index (κ1) is 24.7. The van der Waals surface area contributed by atoms with E-state index in [4.69, 9.17) is 14.3 Å². The topological polar surface area (TPSA) is 176 Å². The molecular formula is C22H19N3O10. The fourth-order valence-corrected chi connectivity index (χ4v) is 3.10. The molecule has 0 atom stereocenters. The smallest absolute Gasteiger partial charge is 0.368 e. The highest BCUT2D eigenvalue weighted by Crippen LogP contribution is 2.25. The van der Waals surface area contributed by atoms with Gasteiger partial charge in [0.15, 0.2) is 12.4 Å². The maximum atomic E-state index is 13.1. The van der Waals surface area contributed by atoms with Crippen molar-refractivity contribution in [3.05, 3.63) is 74.1 Å². The van der Waals surface area contributed by atoms with Crippen LogP contribution in [0.2, 0.25) is 0 Å². The van der Waals surface area contributed by atoms with E-state index in [0.29, 0.717) is 4.73 Å². The predicted octanol–water partition coefficient (Wildman–Crippen LogP) is 1.40. The number of carboxylic acids is 1. The molecule has 1 aromatic heterocycles. The lowest BCUT2D eigenvalue weighted by molar-refractivity contribution is -0.384.